The van der Waals surface area contributed by atoms with Crippen molar-refractivity contribution < 1.29 is 28.0 Å². The van der Waals surface area contributed by atoms with E-state index in [4.69, 9.17) is 0 Å². The number of hydrogen-bond acceptors (Lipinski definition) is 6. The Morgan fingerprint density at radius 2 is 1.61 bits per heavy atom. The number of fused-ring (bicyclic) bond motifs is 5. The molecule has 4 fully saturated rings. The predicted molar refractivity (Wildman–Crippen MR) is 162 cm³/mol. The summed E-state index contributed by atoms with van der Waals surface area (Å²) in [5.74, 6) is 2.35. The smallest absolute Gasteiger partial charge is 0.266 e. The van der Waals surface area contributed by atoms with E-state index >= 15 is 0 Å². The van der Waals surface area contributed by atoms with Crippen LogP contribution in [0.15, 0.2) is 0 Å². The van der Waals surface area contributed by atoms with E-state index < -0.39 is 15.9 Å². The average molecular weight is 599 g/mol. The highest BCUT2D eigenvalue weighted by atomic mass is 32.2. The predicted octanol–water partition coefficient (Wildman–Crippen LogP) is 4.31. The third-order valence-electron chi connectivity index (χ3n) is 12.8. The van der Waals surface area contributed by atoms with E-state index in [0.717, 1.165) is 51.4 Å². The molecule has 0 aromatic carbocycles. The second kappa shape index (κ2) is 12.7. The quantitative estimate of drug-likeness (QED) is 0.303. The summed E-state index contributed by atoms with van der Waals surface area (Å²) in [6.45, 7) is 10.5. The topological polar surface area (TPSA) is 118 Å². The zero-order valence-corrected chi connectivity index (χ0v) is 27.3. The lowest BCUT2D eigenvalue weighted by Crippen LogP contribution is -2.62. The fourth-order valence-electron chi connectivity index (χ4n) is 10.6. The van der Waals surface area contributed by atoms with Crippen LogP contribution in [0, 0.1) is 52.3 Å². The number of hydrogen-bond donors (Lipinski definition) is 3. The fraction of sp³-hybridized carbons (Fsp3) is 0.969. The maximum absolute atomic E-state index is 13.2. The molecular formula is C32H58N2O6S. The minimum absolute atomic E-state index is 0.0133. The van der Waals surface area contributed by atoms with Crippen LogP contribution in [0.2, 0.25) is 0 Å². The summed E-state index contributed by atoms with van der Waals surface area (Å²) in [5.41, 5.74) is 0.342. The number of amides is 1. The van der Waals surface area contributed by atoms with Gasteiger partial charge in [0.1, 0.15) is 0 Å². The molecule has 8 nitrogen and oxygen atoms in total. The molecule has 0 aromatic rings. The van der Waals surface area contributed by atoms with Crippen molar-refractivity contribution in [1.82, 2.24) is 9.80 Å². The number of carbonyl (C=O) groups excluding carboxylic acids is 1. The van der Waals surface area contributed by atoms with Gasteiger partial charge >= 0.3 is 0 Å². The molecule has 41 heavy (non-hydrogen) atoms. The molecule has 4 aliphatic rings. The maximum Gasteiger partial charge on any atom is 0.266 e. The van der Waals surface area contributed by atoms with Gasteiger partial charge in [0, 0.05) is 26.1 Å². The largest absolute Gasteiger partial charge is 0.393 e. The summed E-state index contributed by atoms with van der Waals surface area (Å²) >= 11 is 0. The number of carbonyl (C=O) groups is 1. The molecular weight excluding hydrogens is 540 g/mol. The number of aliphatic hydroxyl groups is 2. The number of aliphatic hydroxyl groups excluding tert-OH is 2. The third kappa shape index (κ3) is 6.69. The lowest BCUT2D eigenvalue weighted by Gasteiger charge is -2.64. The minimum Gasteiger partial charge on any atom is -0.393 e. The summed E-state index contributed by atoms with van der Waals surface area (Å²) in [6.07, 6.45) is 8.94. The Hall–Kier alpha value is -0.740. The molecule has 0 unspecified atom stereocenters. The van der Waals surface area contributed by atoms with E-state index in [1.165, 1.54) is 6.42 Å². The van der Waals surface area contributed by atoms with Gasteiger partial charge in [-0.05, 0) is 118 Å². The van der Waals surface area contributed by atoms with Gasteiger partial charge in [0.05, 0.1) is 18.0 Å². The molecule has 4 saturated carbocycles. The van der Waals surface area contributed by atoms with E-state index in [9.17, 15) is 28.0 Å². The Morgan fingerprint density at radius 3 is 2.24 bits per heavy atom. The minimum atomic E-state index is -4.13. The molecule has 238 valence electrons. The molecule has 3 N–H and O–H groups in total. The zero-order valence-electron chi connectivity index (χ0n) is 26.5. The average Bonchev–Trinajstić information content (AvgIpc) is 3.24. The Morgan fingerprint density at radius 1 is 0.951 bits per heavy atom. The van der Waals surface area contributed by atoms with Gasteiger partial charge < -0.3 is 20.0 Å². The SMILES string of the molecule is CC[C@H]1[C@@H](O)[C@@H]2[C@H](CC[C@]3(C)[C@@H]([C@H](C)CCC(=O)N(CCN(C)C)CCS(=O)(=O)O)CC[C@@H]23)[C@@]2(C)CC[C@@H](O)C[C@@H]12. The molecule has 0 bridgehead atoms. The lowest BCUT2D eigenvalue weighted by molar-refractivity contribution is -0.203. The molecule has 4 aliphatic carbocycles. The highest BCUT2D eigenvalue weighted by Crippen LogP contribution is 2.69. The first kappa shape index (κ1) is 33.2. The van der Waals surface area contributed by atoms with Crippen LogP contribution in [0.25, 0.3) is 0 Å². The van der Waals surface area contributed by atoms with Gasteiger partial charge in [0.15, 0.2) is 0 Å². The van der Waals surface area contributed by atoms with Crippen molar-refractivity contribution >= 4 is 16.0 Å². The lowest BCUT2D eigenvalue weighted by atomic mass is 9.41. The molecule has 0 aromatic heterocycles. The highest BCUT2D eigenvalue weighted by Gasteiger charge is 2.64. The van der Waals surface area contributed by atoms with E-state index in [-0.39, 0.29) is 41.4 Å². The van der Waals surface area contributed by atoms with Crippen molar-refractivity contribution in [3.05, 3.63) is 0 Å². The first-order valence-corrected chi connectivity index (χ1v) is 18.0. The first-order chi connectivity index (χ1) is 19.1. The van der Waals surface area contributed by atoms with Gasteiger partial charge in [-0.15, -0.1) is 0 Å². The molecule has 1 amide bonds. The van der Waals surface area contributed by atoms with E-state index in [0.29, 0.717) is 55.0 Å². The van der Waals surface area contributed by atoms with Crippen molar-refractivity contribution in [3.8, 4) is 0 Å². The fourth-order valence-corrected chi connectivity index (χ4v) is 11.0. The summed E-state index contributed by atoms with van der Waals surface area (Å²) in [4.78, 5) is 16.8. The van der Waals surface area contributed by atoms with Crippen LogP contribution in [0.5, 0.6) is 0 Å². The van der Waals surface area contributed by atoms with Gasteiger partial charge in [-0.3, -0.25) is 9.35 Å². The van der Waals surface area contributed by atoms with Crippen LogP contribution >= 0.6 is 0 Å². The van der Waals surface area contributed by atoms with Crippen molar-refractivity contribution in [1.29, 1.82) is 0 Å². The Kier molecular flexibility index (Phi) is 10.3. The maximum atomic E-state index is 13.2. The molecule has 0 spiro atoms. The summed E-state index contributed by atoms with van der Waals surface area (Å²) < 4.78 is 32.0. The van der Waals surface area contributed by atoms with Crippen LogP contribution in [-0.2, 0) is 14.9 Å². The summed E-state index contributed by atoms with van der Waals surface area (Å²) in [5, 5.41) is 22.5. The van der Waals surface area contributed by atoms with Crippen LogP contribution in [0.4, 0.5) is 0 Å². The van der Waals surface area contributed by atoms with Crippen molar-refractivity contribution in [3.63, 3.8) is 0 Å². The second-order valence-electron chi connectivity index (χ2n) is 15.1. The van der Waals surface area contributed by atoms with E-state index in [2.05, 4.69) is 27.7 Å². The van der Waals surface area contributed by atoms with E-state index in [1.54, 1.807) is 4.90 Å². The van der Waals surface area contributed by atoms with Gasteiger partial charge in [-0.1, -0.05) is 34.1 Å². The van der Waals surface area contributed by atoms with E-state index in [1.807, 2.05) is 19.0 Å². The molecule has 9 heteroatoms. The van der Waals surface area contributed by atoms with Gasteiger partial charge in [-0.2, -0.15) is 8.42 Å². The van der Waals surface area contributed by atoms with Gasteiger partial charge in [0.25, 0.3) is 10.1 Å². The molecule has 0 radical (unpaired) electrons. The van der Waals surface area contributed by atoms with Crippen molar-refractivity contribution in [2.24, 2.45) is 52.3 Å². The molecule has 4 rings (SSSR count). The number of rotatable bonds is 11. The van der Waals surface area contributed by atoms with Crippen LogP contribution in [0.3, 0.4) is 0 Å². The van der Waals surface area contributed by atoms with Gasteiger partial charge in [0.2, 0.25) is 5.91 Å². The molecule has 0 heterocycles. The first-order valence-electron chi connectivity index (χ1n) is 16.4. The van der Waals surface area contributed by atoms with Gasteiger partial charge in [-0.25, -0.2) is 0 Å². The number of likely N-dealkylation sites (N-methyl/N-ethyl adjacent to an activating group) is 1. The third-order valence-corrected chi connectivity index (χ3v) is 13.5. The van der Waals surface area contributed by atoms with Crippen molar-refractivity contribution in [2.45, 2.75) is 104 Å². The second-order valence-corrected chi connectivity index (χ2v) is 16.7. The summed E-state index contributed by atoms with van der Waals surface area (Å²) in [6, 6.07) is 0. The molecule has 0 saturated heterocycles. The summed E-state index contributed by atoms with van der Waals surface area (Å²) in [7, 11) is -0.292. The van der Waals surface area contributed by atoms with Crippen LogP contribution < -0.4 is 0 Å². The monoisotopic (exact) mass is 598 g/mol. The standard InChI is InChI=1S/C32H58N2O6S/c1-7-23-27-20-22(35)12-14-32(27,4)26-13-15-31(3)24(9-10-25(31)29(26)30(23)37)21(2)8-11-28(36)34(17-16-33(5)6)18-19-41(38,39)40/h21-27,29-30,35,37H,7-20H2,1-6H3,(H,38,39,40)/t21-,22-,23-,24-,25+,26+,27+,29+,30-,31-,32-/m1/s1. The van der Waals surface area contributed by atoms with Crippen molar-refractivity contribution in [2.75, 3.05) is 39.5 Å². The Bertz CT molecular complexity index is 1020. The zero-order chi connectivity index (χ0) is 30.3. The normalized spacial score (nSPS) is 41.4. The highest BCUT2D eigenvalue weighted by molar-refractivity contribution is 7.85. The molecule has 0 aliphatic heterocycles. The van der Waals surface area contributed by atoms with Crippen LogP contribution in [-0.4, -0.2) is 90.6 Å². The molecule has 11 atom stereocenters. The Balaban J connectivity index is 1.45. The number of nitrogens with zero attached hydrogens (tertiary/aromatic N) is 2. The van der Waals surface area contributed by atoms with Crippen LogP contribution in [0.1, 0.15) is 91.9 Å². The Labute approximate surface area is 249 Å².